The number of aryl methyl sites for hydroxylation is 1. The SMILES string of the molecule is CCCc1ccc(-c2c3ccccc3c(-c3ccc4c(c3)C(CCC)(CCC)c3cc(-c5c6ccccc6c(-c6c7ccccc7c(-c7ccc8c(c7)C(CCC)(CCC)c7ccccc7-8)c7ccccc67)c6ccccc56)ccc3-4)c3ccccc23)cc1. The average Bonchev–Trinajstić information content (AvgIpc) is 1.74. The van der Waals surface area contributed by atoms with Crippen LogP contribution in [0.1, 0.15) is 120 Å². The molecule has 0 aromatic heterocycles. The van der Waals surface area contributed by atoms with Gasteiger partial charge in [-0.2, -0.15) is 0 Å². The van der Waals surface area contributed by atoms with E-state index >= 15 is 0 Å². The first-order chi connectivity index (χ1) is 43.9. The summed E-state index contributed by atoms with van der Waals surface area (Å²) in [6.07, 6.45) is 11.1. The molecule has 0 unspecified atom stereocenters. The molecule has 0 saturated heterocycles. The molecule has 0 bridgehead atoms. The minimum absolute atomic E-state index is 0.00255. The Hall–Kier alpha value is -9.36. The standard InChI is InChI=1S/C89H76/c1-6-25-57-40-42-58(43-41-57)82-66-27-11-13-29-68(66)83(69-30-14-12-28-67(69)82)60-45-48-64-65-49-46-61(56-81(65)89(52-9-4,53-10-5)80(64)55-60)85-72-33-17-21-37-76(72)87(77-38-22-18-34-73(77)85)86-74-35-19-15-31-70(74)84(71-32-16-20-36-75(71)86)59-44-47-63-62-26-23-24-39-78(62)88(50-7-2,51-8-3)79(63)54-59/h11-24,26-49,54-56H,6-10,25,50-53H2,1-5H3. The molecule has 0 heterocycles. The van der Waals surface area contributed by atoms with Crippen molar-refractivity contribution in [2.24, 2.45) is 0 Å². The lowest BCUT2D eigenvalue weighted by Gasteiger charge is -2.33. The molecule has 0 spiro atoms. The highest BCUT2D eigenvalue weighted by Gasteiger charge is 2.44. The molecule has 0 heteroatoms. The maximum absolute atomic E-state index is 2.64. The van der Waals surface area contributed by atoms with E-state index in [4.69, 9.17) is 0 Å². The van der Waals surface area contributed by atoms with E-state index in [1.807, 2.05) is 0 Å². The summed E-state index contributed by atoms with van der Waals surface area (Å²) in [5, 5.41) is 15.5. The molecule has 0 N–H and O–H groups in total. The van der Waals surface area contributed by atoms with Crippen LogP contribution in [0.5, 0.6) is 0 Å². The lowest BCUT2D eigenvalue weighted by molar-refractivity contribution is 0.436. The highest BCUT2D eigenvalue weighted by Crippen LogP contribution is 2.59. The van der Waals surface area contributed by atoms with E-state index in [9.17, 15) is 0 Å². The summed E-state index contributed by atoms with van der Waals surface area (Å²) in [6, 6.07) is 96.9. The Bertz CT molecular complexity index is 4960. The predicted molar refractivity (Wildman–Crippen MR) is 385 cm³/mol. The van der Waals surface area contributed by atoms with E-state index < -0.39 is 0 Å². The summed E-state index contributed by atoms with van der Waals surface area (Å²) in [5.74, 6) is 0. The molecule has 0 radical (unpaired) electrons. The number of benzene rings is 14. The van der Waals surface area contributed by atoms with Crippen LogP contribution in [0.25, 0.3) is 143 Å². The molecule has 16 rings (SSSR count). The van der Waals surface area contributed by atoms with Crippen molar-refractivity contribution in [3.63, 3.8) is 0 Å². The minimum Gasteiger partial charge on any atom is -0.0653 e. The topological polar surface area (TPSA) is 0 Å². The van der Waals surface area contributed by atoms with Gasteiger partial charge in [0.1, 0.15) is 0 Å². The number of fused-ring (bicyclic) bond motifs is 12. The number of rotatable bonds is 15. The van der Waals surface area contributed by atoms with Gasteiger partial charge in [0.15, 0.2) is 0 Å². The van der Waals surface area contributed by atoms with E-state index in [1.165, 1.54) is 170 Å². The molecule has 2 aliphatic carbocycles. The molecule has 14 aromatic rings. The monoisotopic (exact) mass is 1140 g/mol. The van der Waals surface area contributed by atoms with Crippen LogP contribution in [0.3, 0.4) is 0 Å². The number of hydrogen-bond acceptors (Lipinski definition) is 0. The Kier molecular flexibility index (Phi) is 13.6. The lowest BCUT2D eigenvalue weighted by Crippen LogP contribution is -2.25. The van der Waals surface area contributed by atoms with Gasteiger partial charge in [-0.1, -0.05) is 297 Å². The fraction of sp³-hybridized carbons (Fsp3) is 0.191. The first kappa shape index (κ1) is 55.0. The average molecular weight is 1150 g/mol. The molecule has 432 valence electrons. The molecular formula is C89H76. The summed E-state index contributed by atoms with van der Waals surface area (Å²) in [6.45, 7) is 11.8. The van der Waals surface area contributed by atoms with Gasteiger partial charge >= 0.3 is 0 Å². The van der Waals surface area contributed by atoms with Crippen LogP contribution in [-0.2, 0) is 17.3 Å². The Balaban J connectivity index is 0.875. The summed E-state index contributed by atoms with van der Waals surface area (Å²) < 4.78 is 0. The Morgan fingerprint density at radius 3 is 0.764 bits per heavy atom. The Morgan fingerprint density at radius 2 is 0.461 bits per heavy atom. The number of hydrogen-bond donors (Lipinski definition) is 0. The quantitative estimate of drug-likeness (QED) is 0.0898. The van der Waals surface area contributed by atoms with Gasteiger partial charge in [0, 0.05) is 10.8 Å². The molecule has 14 aromatic carbocycles. The van der Waals surface area contributed by atoms with Crippen molar-refractivity contribution in [2.75, 3.05) is 0 Å². The van der Waals surface area contributed by atoms with Crippen LogP contribution in [0.2, 0.25) is 0 Å². The molecule has 0 amide bonds. The van der Waals surface area contributed by atoms with Crippen LogP contribution >= 0.6 is 0 Å². The van der Waals surface area contributed by atoms with Crippen molar-refractivity contribution in [3.05, 3.63) is 277 Å². The van der Waals surface area contributed by atoms with Gasteiger partial charge in [-0.25, -0.2) is 0 Å². The van der Waals surface area contributed by atoms with Crippen molar-refractivity contribution in [3.8, 4) is 77.9 Å². The smallest absolute Gasteiger partial charge is 0.0215 e. The first-order valence-corrected chi connectivity index (χ1v) is 33.4. The third-order valence-electron chi connectivity index (χ3n) is 21.0. The van der Waals surface area contributed by atoms with Gasteiger partial charge in [-0.15, -0.1) is 0 Å². The zero-order valence-electron chi connectivity index (χ0n) is 52.2. The van der Waals surface area contributed by atoms with Crippen LogP contribution in [0.15, 0.2) is 249 Å². The Morgan fingerprint density at radius 1 is 0.213 bits per heavy atom. The molecule has 2 aliphatic rings. The van der Waals surface area contributed by atoms with Gasteiger partial charge < -0.3 is 0 Å². The lowest BCUT2D eigenvalue weighted by atomic mass is 9.70. The van der Waals surface area contributed by atoms with Crippen molar-refractivity contribution in [2.45, 2.75) is 110 Å². The van der Waals surface area contributed by atoms with Gasteiger partial charge in [0.25, 0.3) is 0 Å². The van der Waals surface area contributed by atoms with Gasteiger partial charge in [0.05, 0.1) is 0 Å². The van der Waals surface area contributed by atoms with Crippen molar-refractivity contribution < 1.29 is 0 Å². The summed E-state index contributed by atoms with van der Waals surface area (Å²) in [5.41, 5.74) is 25.8. The Labute approximate surface area is 525 Å². The van der Waals surface area contributed by atoms with Crippen molar-refractivity contribution in [1.82, 2.24) is 0 Å². The van der Waals surface area contributed by atoms with Gasteiger partial charge in [0.2, 0.25) is 0 Å². The summed E-state index contributed by atoms with van der Waals surface area (Å²) in [7, 11) is 0. The highest BCUT2D eigenvalue weighted by atomic mass is 14.5. The molecule has 0 aliphatic heterocycles. The second-order valence-corrected chi connectivity index (χ2v) is 26.0. The normalized spacial score (nSPS) is 13.6. The largest absolute Gasteiger partial charge is 0.0653 e. The summed E-state index contributed by atoms with van der Waals surface area (Å²) in [4.78, 5) is 0. The fourth-order valence-corrected chi connectivity index (χ4v) is 17.7. The zero-order chi connectivity index (χ0) is 60.0. The van der Waals surface area contributed by atoms with Crippen LogP contribution in [0.4, 0.5) is 0 Å². The highest BCUT2D eigenvalue weighted by molar-refractivity contribution is 6.30. The zero-order valence-corrected chi connectivity index (χ0v) is 52.2. The van der Waals surface area contributed by atoms with E-state index in [-0.39, 0.29) is 10.8 Å². The van der Waals surface area contributed by atoms with E-state index in [0.29, 0.717) is 0 Å². The van der Waals surface area contributed by atoms with Gasteiger partial charge in [-0.05, 0) is 221 Å². The maximum Gasteiger partial charge on any atom is 0.0215 e. The van der Waals surface area contributed by atoms with Crippen LogP contribution in [0, 0.1) is 0 Å². The molecular weight excluding hydrogens is 1070 g/mol. The third kappa shape index (κ3) is 8.32. The van der Waals surface area contributed by atoms with Crippen molar-refractivity contribution >= 4 is 64.6 Å². The second-order valence-electron chi connectivity index (χ2n) is 26.0. The molecule has 0 nitrogen and oxygen atoms in total. The third-order valence-corrected chi connectivity index (χ3v) is 21.0. The predicted octanol–water partition coefficient (Wildman–Crippen LogP) is 25.6. The summed E-state index contributed by atoms with van der Waals surface area (Å²) >= 11 is 0. The van der Waals surface area contributed by atoms with E-state index in [0.717, 1.165) is 64.2 Å². The minimum atomic E-state index is -0.159. The van der Waals surface area contributed by atoms with E-state index in [2.05, 4.69) is 283 Å². The molecule has 0 fully saturated rings. The maximum atomic E-state index is 2.64. The fourth-order valence-electron chi connectivity index (χ4n) is 17.7. The molecule has 0 saturated carbocycles. The molecule has 0 atom stereocenters. The van der Waals surface area contributed by atoms with Crippen molar-refractivity contribution in [1.29, 1.82) is 0 Å². The van der Waals surface area contributed by atoms with E-state index in [1.54, 1.807) is 0 Å². The van der Waals surface area contributed by atoms with Crippen LogP contribution < -0.4 is 0 Å². The van der Waals surface area contributed by atoms with Crippen LogP contribution in [-0.4, -0.2) is 0 Å². The first-order valence-electron chi connectivity index (χ1n) is 33.4. The molecule has 89 heavy (non-hydrogen) atoms. The van der Waals surface area contributed by atoms with Gasteiger partial charge in [-0.3, -0.25) is 0 Å². The second kappa shape index (κ2) is 22.0.